The number of rotatable bonds is 7. The lowest BCUT2D eigenvalue weighted by Crippen LogP contribution is -2.18. The van der Waals surface area contributed by atoms with Crippen LogP contribution in [0.5, 0.6) is 5.75 Å². The maximum atomic E-state index is 5.72. The number of aromatic nitrogens is 1. The first-order valence-corrected chi connectivity index (χ1v) is 6.29. The quantitative estimate of drug-likeness (QED) is 0.773. The number of benzene rings is 1. The first kappa shape index (κ1) is 13.5. The molecule has 0 saturated heterocycles. The van der Waals surface area contributed by atoms with E-state index in [0.717, 1.165) is 11.3 Å². The van der Waals surface area contributed by atoms with Crippen LogP contribution in [0, 0.1) is 0 Å². The van der Waals surface area contributed by atoms with Crippen LogP contribution in [-0.2, 0) is 4.74 Å². The Morgan fingerprint density at radius 2 is 1.74 bits per heavy atom. The molecule has 0 radical (unpaired) electrons. The van der Waals surface area contributed by atoms with Crippen molar-refractivity contribution < 1.29 is 9.47 Å². The van der Waals surface area contributed by atoms with Crippen LogP contribution >= 0.6 is 0 Å². The van der Waals surface area contributed by atoms with E-state index >= 15 is 0 Å². The van der Waals surface area contributed by atoms with Gasteiger partial charge in [-0.25, -0.2) is 0 Å². The number of nitrogens with zero attached hydrogens (tertiary/aromatic N) is 1. The van der Waals surface area contributed by atoms with Crippen LogP contribution in [0.3, 0.4) is 0 Å². The number of para-hydroxylation sites is 1. The highest BCUT2D eigenvalue weighted by Gasteiger charge is 2.09. The topological polar surface area (TPSA) is 57.4 Å². The summed E-state index contributed by atoms with van der Waals surface area (Å²) in [5.41, 5.74) is 6.75. The van der Waals surface area contributed by atoms with Gasteiger partial charge in [0.05, 0.1) is 12.7 Å². The Bertz CT molecular complexity index is 462. The highest BCUT2D eigenvalue weighted by molar-refractivity contribution is 5.20. The summed E-state index contributed by atoms with van der Waals surface area (Å²) in [6.07, 6.45) is 3.37. The van der Waals surface area contributed by atoms with Gasteiger partial charge in [0, 0.05) is 18.9 Å². The van der Waals surface area contributed by atoms with Crippen molar-refractivity contribution in [3.63, 3.8) is 0 Å². The summed E-state index contributed by atoms with van der Waals surface area (Å²) in [7, 11) is 0. The average Bonchev–Trinajstić information content (AvgIpc) is 2.49. The summed E-state index contributed by atoms with van der Waals surface area (Å²) in [5.74, 6) is 0.847. The van der Waals surface area contributed by atoms with E-state index in [0.29, 0.717) is 19.8 Å². The fourth-order valence-corrected chi connectivity index (χ4v) is 1.75. The molecule has 1 unspecified atom stereocenters. The molecule has 2 aromatic rings. The van der Waals surface area contributed by atoms with E-state index < -0.39 is 0 Å². The van der Waals surface area contributed by atoms with Crippen molar-refractivity contribution in [3.8, 4) is 5.75 Å². The second-order valence-electron chi connectivity index (χ2n) is 4.04. The molecule has 0 aliphatic heterocycles. The summed E-state index contributed by atoms with van der Waals surface area (Å²) >= 11 is 0. The molecule has 1 atom stereocenters. The zero-order valence-electron chi connectivity index (χ0n) is 10.7. The molecule has 4 nitrogen and oxygen atoms in total. The molecular weight excluding hydrogens is 240 g/mol. The normalized spacial score (nSPS) is 12.1. The Morgan fingerprint density at radius 3 is 2.42 bits per heavy atom. The number of ether oxygens (including phenoxy) is 2. The van der Waals surface area contributed by atoms with Gasteiger partial charge in [-0.1, -0.05) is 18.2 Å². The van der Waals surface area contributed by atoms with E-state index in [-0.39, 0.29) is 6.10 Å². The van der Waals surface area contributed by atoms with Crippen molar-refractivity contribution in [2.24, 2.45) is 5.73 Å². The second kappa shape index (κ2) is 7.51. The largest absolute Gasteiger partial charge is 0.491 e. The third-order valence-corrected chi connectivity index (χ3v) is 2.71. The van der Waals surface area contributed by atoms with Gasteiger partial charge in [0.15, 0.2) is 0 Å². The standard InChI is InChI=1S/C15H18N2O2/c16-12-15(13-6-8-17-9-7-13)19-11-10-18-14-4-2-1-3-5-14/h1-9,15H,10-12,16H2. The molecule has 2 rings (SSSR count). The maximum absolute atomic E-state index is 5.72. The molecule has 4 heteroatoms. The van der Waals surface area contributed by atoms with Crippen LogP contribution in [0.25, 0.3) is 0 Å². The Kier molecular flexibility index (Phi) is 5.34. The maximum Gasteiger partial charge on any atom is 0.119 e. The predicted octanol–water partition coefficient (Wildman–Crippen LogP) is 2.18. The minimum absolute atomic E-state index is 0.109. The molecule has 0 bridgehead atoms. The number of hydrogen-bond donors (Lipinski definition) is 1. The molecule has 19 heavy (non-hydrogen) atoms. The summed E-state index contributed by atoms with van der Waals surface area (Å²) < 4.78 is 11.3. The van der Waals surface area contributed by atoms with E-state index in [2.05, 4.69) is 4.98 Å². The molecule has 0 amide bonds. The Labute approximate surface area is 113 Å². The molecule has 0 fully saturated rings. The minimum atomic E-state index is -0.109. The van der Waals surface area contributed by atoms with E-state index in [1.165, 1.54) is 0 Å². The van der Waals surface area contributed by atoms with Crippen LogP contribution in [0.15, 0.2) is 54.9 Å². The van der Waals surface area contributed by atoms with Crippen molar-refractivity contribution in [1.82, 2.24) is 4.98 Å². The smallest absolute Gasteiger partial charge is 0.119 e. The highest BCUT2D eigenvalue weighted by Crippen LogP contribution is 2.15. The Balaban J connectivity index is 1.75. The van der Waals surface area contributed by atoms with Crippen LogP contribution < -0.4 is 10.5 Å². The van der Waals surface area contributed by atoms with Crippen molar-refractivity contribution in [2.75, 3.05) is 19.8 Å². The van der Waals surface area contributed by atoms with Gasteiger partial charge in [0.1, 0.15) is 12.4 Å². The lowest BCUT2D eigenvalue weighted by atomic mass is 10.1. The van der Waals surface area contributed by atoms with E-state index in [4.69, 9.17) is 15.2 Å². The van der Waals surface area contributed by atoms with Gasteiger partial charge in [-0.05, 0) is 29.8 Å². The first-order valence-electron chi connectivity index (χ1n) is 6.29. The van der Waals surface area contributed by atoms with Crippen LogP contribution in [0.2, 0.25) is 0 Å². The molecular formula is C15H18N2O2. The molecule has 2 N–H and O–H groups in total. The molecule has 0 saturated carbocycles. The molecule has 0 aliphatic carbocycles. The predicted molar refractivity (Wildman–Crippen MR) is 73.9 cm³/mol. The third-order valence-electron chi connectivity index (χ3n) is 2.71. The fraction of sp³-hybridized carbons (Fsp3) is 0.267. The Hall–Kier alpha value is -1.91. The van der Waals surface area contributed by atoms with Gasteiger partial charge in [0.25, 0.3) is 0 Å². The van der Waals surface area contributed by atoms with Crippen molar-refractivity contribution >= 4 is 0 Å². The highest BCUT2D eigenvalue weighted by atomic mass is 16.5. The number of hydrogen-bond acceptors (Lipinski definition) is 4. The zero-order chi connectivity index (χ0) is 13.3. The minimum Gasteiger partial charge on any atom is -0.491 e. The van der Waals surface area contributed by atoms with E-state index in [1.54, 1.807) is 12.4 Å². The molecule has 0 spiro atoms. The van der Waals surface area contributed by atoms with Gasteiger partial charge in [-0.2, -0.15) is 0 Å². The molecule has 1 heterocycles. The molecule has 1 aromatic carbocycles. The van der Waals surface area contributed by atoms with Crippen LogP contribution in [0.4, 0.5) is 0 Å². The van der Waals surface area contributed by atoms with Gasteiger partial charge < -0.3 is 15.2 Å². The summed E-state index contributed by atoms with van der Waals surface area (Å²) in [6, 6.07) is 13.5. The molecule has 100 valence electrons. The lowest BCUT2D eigenvalue weighted by molar-refractivity contribution is 0.0380. The number of nitrogens with two attached hydrogens (primary N) is 1. The summed E-state index contributed by atoms with van der Waals surface area (Å²) in [4.78, 5) is 3.98. The number of pyridine rings is 1. The summed E-state index contributed by atoms with van der Waals surface area (Å²) in [5, 5.41) is 0. The van der Waals surface area contributed by atoms with Gasteiger partial charge in [0.2, 0.25) is 0 Å². The van der Waals surface area contributed by atoms with Crippen molar-refractivity contribution in [1.29, 1.82) is 0 Å². The molecule has 1 aromatic heterocycles. The second-order valence-corrected chi connectivity index (χ2v) is 4.04. The van der Waals surface area contributed by atoms with E-state index in [1.807, 2.05) is 42.5 Å². The van der Waals surface area contributed by atoms with Gasteiger partial charge in [-0.3, -0.25) is 4.98 Å². The SMILES string of the molecule is NCC(OCCOc1ccccc1)c1ccncc1. The van der Waals surface area contributed by atoms with Crippen molar-refractivity contribution in [2.45, 2.75) is 6.10 Å². The lowest BCUT2D eigenvalue weighted by Gasteiger charge is -2.16. The Morgan fingerprint density at radius 1 is 1.00 bits per heavy atom. The van der Waals surface area contributed by atoms with Crippen LogP contribution in [0.1, 0.15) is 11.7 Å². The molecule has 0 aliphatic rings. The van der Waals surface area contributed by atoms with Gasteiger partial charge >= 0.3 is 0 Å². The van der Waals surface area contributed by atoms with Crippen LogP contribution in [-0.4, -0.2) is 24.7 Å². The third kappa shape index (κ3) is 4.35. The van der Waals surface area contributed by atoms with E-state index in [9.17, 15) is 0 Å². The zero-order valence-corrected chi connectivity index (χ0v) is 10.7. The first-order chi connectivity index (χ1) is 9.40. The summed E-state index contributed by atoms with van der Waals surface area (Å²) in [6.45, 7) is 1.44. The van der Waals surface area contributed by atoms with Gasteiger partial charge in [-0.15, -0.1) is 0 Å². The average molecular weight is 258 g/mol. The van der Waals surface area contributed by atoms with Crippen molar-refractivity contribution in [3.05, 3.63) is 60.4 Å². The fourth-order valence-electron chi connectivity index (χ4n) is 1.75. The monoisotopic (exact) mass is 258 g/mol.